The predicted molar refractivity (Wildman–Crippen MR) is 95.8 cm³/mol. The Morgan fingerprint density at radius 3 is 2.58 bits per heavy atom. The number of aryl methyl sites for hydroxylation is 1. The van der Waals surface area contributed by atoms with Crippen LogP contribution in [0.2, 0.25) is 5.02 Å². The maximum Gasteiger partial charge on any atom is 0.417 e. The molecule has 0 saturated carbocycles. The smallest absolute Gasteiger partial charge is 0.304 e. The maximum atomic E-state index is 12.8. The van der Waals surface area contributed by atoms with Crippen molar-refractivity contribution in [1.29, 1.82) is 0 Å². The zero-order valence-electron chi connectivity index (χ0n) is 14.6. The molecule has 0 radical (unpaired) electrons. The topological polar surface area (TPSA) is 24.3 Å². The fourth-order valence-electron chi connectivity index (χ4n) is 3.14. The third-order valence-electron chi connectivity index (χ3n) is 4.71. The molecule has 0 aliphatic carbocycles. The molecule has 8 heteroatoms. The summed E-state index contributed by atoms with van der Waals surface area (Å²) in [6.07, 6.45) is -0.0383. The third-order valence-corrected chi connectivity index (χ3v) is 4.99. The van der Waals surface area contributed by atoms with E-state index in [1.165, 1.54) is 0 Å². The van der Waals surface area contributed by atoms with Crippen LogP contribution in [0.3, 0.4) is 0 Å². The third kappa shape index (κ3) is 4.58. The van der Waals surface area contributed by atoms with Crippen molar-refractivity contribution in [2.24, 2.45) is 0 Å². The number of likely N-dealkylation sites (N-methyl/N-ethyl adjacent to an activating group) is 1. The summed E-state index contributed by atoms with van der Waals surface area (Å²) in [6, 6.07) is 4.75. The van der Waals surface area contributed by atoms with Crippen LogP contribution in [0.5, 0.6) is 0 Å². The van der Waals surface area contributed by atoms with E-state index in [-0.39, 0.29) is 5.02 Å². The maximum absolute atomic E-state index is 12.8. The standard InChI is InChI=1S/C18H22ClF3N4/c1-24-8-10-25(11-9-24)6-2-4-15-5-3-7-26(15)17-16(19)12-14(13-23-17)18(20,21)22/h3,5,7,12-13H,2,4,6,8-11H2,1H3. The second kappa shape index (κ2) is 7.98. The Morgan fingerprint density at radius 2 is 1.92 bits per heavy atom. The number of aromatic nitrogens is 2. The Kier molecular flexibility index (Phi) is 5.89. The van der Waals surface area contributed by atoms with Crippen LogP contribution in [0, 0.1) is 0 Å². The lowest BCUT2D eigenvalue weighted by Crippen LogP contribution is -2.44. The minimum atomic E-state index is -4.45. The van der Waals surface area contributed by atoms with Gasteiger partial charge in [-0.1, -0.05) is 11.6 Å². The van der Waals surface area contributed by atoms with Gasteiger partial charge in [0.15, 0.2) is 5.82 Å². The Bertz CT molecular complexity index is 736. The first-order chi connectivity index (χ1) is 12.3. The van der Waals surface area contributed by atoms with E-state index in [0.29, 0.717) is 5.82 Å². The first kappa shape index (κ1) is 19.2. The van der Waals surface area contributed by atoms with E-state index in [9.17, 15) is 13.2 Å². The van der Waals surface area contributed by atoms with Gasteiger partial charge in [0, 0.05) is 44.3 Å². The van der Waals surface area contributed by atoms with Crippen molar-refractivity contribution in [3.63, 3.8) is 0 Å². The molecule has 0 amide bonds. The van der Waals surface area contributed by atoms with Gasteiger partial charge in [-0.25, -0.2) is 4.98 Å². The second-order valence-electron chi connectivity index (χ2n) is 6.65. The monoisotopic (exact) mass is 386 g/mol. The van der Waals surface area contributed by atoms with Crippen molar-refractivity contribution in [3.8, 4) is 5.82 Å². The van der Waals surface area contributed by atoms with Crippen LogP contribution >= 0.6 is 11.6 Å². The Morgan fingerprint density at radius 1 is 1.19 bits per heavy atom. The molecular weight excluding hydrogens is 365 g/mol. The Hall–Kier alpha value is -1.57. The molecule has 0 bridgehead atoms. The highest BCUT2D eigenvalue weighted by atomic mass is 35.5. The van der Waals surface area contributed by atoms with Gasteiger partial charge in [-0.05, 0) is 44.6 Å². The molecule has 0 unspecified atom stereocenters. The summed E-state index contributed by atoms with van der Waals surface area (Å²) < 4.78 is 40.1. The van der Waals surface area contributed by atoms with Gasteiger partial charge in [0.1, 0.15) is 0 Å². The van der Waals surface area contributed by atoms with Crippen LogP contribution in [0.4, 0.5) is 13.2 Å². The molecule has 0 aromatic carbocycles. The zero-order valence-corrected chi connectivity index (χ0v) is 15.4. The van der Waals surface area contributed by atoms with Crippen LogP contribution in [0.15, 0.2) is 30.6 Å². The van der Waals surface area contributed by atoms with Crippen molar-refractivity contribution in [3.05, 3.63) is 46.9 Å². The number of hydrogen-bond acceptors (Lipinski definition) is 3. The van der Waals surface area contributed by atoms with Crippen LogP contribution in [-0.4, -0.2) is 59.1 Å². The van der Waals surface area contributed by atoms with Gasteiger partial charge < -0.3 is 14.4 Å². The molecule has 0 atom stereocenters. The van der Waals surface area contributed by atoms with Crippen molar-refractivity contribution < 1.29 is 13.2 Å². The van der Waals surface area contributed by atoms with E-state index in [4.69, 9.17) is 11.6 Å². The summed E-state index contributed by atoms with van der Waals surface area (Å²) >= 11 is 6.07. The number of piperazine rings is 1. The molecule has 3 heterocycles. The normalized spacial score (nSPS) is 17.0. The zero-order chi connectivity index (χ0) is 18.7. The number of halogens is 4. The molecule has 4 nitrogen and oxygen atoms in total. The minimum Gasteiger partial charge on any atom is -0.304 e. The van der Waals surface area contributed by atoms with Crippen LogP contribution in [-0.2, 0) is 12.6 Å². The molecule has 1 saturated heterocycles. The second-order valence-corrected chi connectivity index (χ2v) is 7.05. The van der Waals surface area contributed by atoms with Crippen LogP contribution < -0.4 is 0 Å². The van der Waals surface area contributed by atoms with E-state index < -0.39 is 11.7 Å². The quantitative estimate of drug-likeness (QED) is 0.782. The number of hydrogen-bond donors (Lipinski definition) is 0. The Balaban J connectivity index is 1.65. The molecule has 2 aromatic heterocycles. The summed E-state index contributed by atoms with van der Waals surface area (Å²) in [5.41, 5.74) is 0.156. The van der Waals surface area contributed by atoms with Crippen molar-refractivity contribution in [2.75, 3.05) is 39.8 Å². The van der Waals surface area contributed by atoms with Gasteiger partial charge in [0.25, 0.3) is 0 Å². The van der Waals surface area contributed by atoms with Gasteiger partial charge in [-0.15, -0.1) is 0 Å². The molecule has 2 aromatic rings. The minimum absolute atomic E-state index is 0.00339. The molecule has 1 fully saturated rings. The molecule has 0 spiro atoms. The van der Waals surface area contributed by atoms with Gasteiger partial charge in [0.2, 0.25) is 0 Å². The summed E-state index contributed by atoms with van der Waals surface area (Å²) in [4.78, 5) is 8.71. The summed E-state index contributed by atoms with van der Waals surface area (Å²) in [5.74, 6) is 0.333. The fraction of sp³-hybridized carbons (Fsp3) is 0.500. The van der Waals surface area contributed by atoms with Gasteiger partial charge >= 0.3 is 6.18 Å². The number of pyridine rings is 1. The highest BCUT2D eigenvalue weighted by molar-refractivity contribution is 6.32. The van der Waals surface area contributed by atoms with Crippen molar-refractivity contribution >= 4 is 11.6 Å². The molecule has 26 heavy (non-hydrogen) atoms. The van der Waals surface area contributed by atoms with Crippen molar-refractivity contribution in [1.82, 2.24) is 19.4 Å². The van der Waals surface area contributed by atoms with E-state index in [1.807, 2.05) is 12.1 Å². The summed E-state index contributed by atoms with van der Waals surface area (Å²) in [5, 5.41) is -0.00339. The van der Waals surface area contributed by atoms with Crippen LogP contribution in [0.25, 0.3) is 5.82 Å². The van der Waals surface area contributed by atoms with Gasteiger partial charge in [-0.2, -0.15) is 13.2 Å². The largest absolute Gasteiger partial charge is 0.417 e. The summed E-state index contributed by atoms with van der Waals surface area (Å²) in [6.45, 7) is 5.32. The highest BCUT2D eigenvalue weighted by Crippen LogP contribution is 2.32. The molecule has 1 aliphatic heterocycles. The number of alkyl halides is 3. The molecule has 0 N–H and O–H groups in total. The lowest BCUT2D eigenvalue weighted by molar-refractivity contribution is -0.137. The van der Waals surface area contributed by atoms with E-state index in [0.717, 1.165) is 63.5 Å². The Labute approximate surface area is 156 Å². The average molecular weight is 387 g/mol. The predicted octanol–water partition coefficient (Wildman–Crippen LogP) is 3.72. The van der Waals surface area contributed by atoms with E-state index in [2.05, 4.69) is 21.8 Å². The van der Waals surface area contributed by atoms with E-state index in [1.54, 1.807) is 10.8 Å². The number of nitrogens with zero attached hydrogens (tertiary/aromatic N) is 4. The van der Waals surface area contributed by atoms with Gasteiger partial charge in [-0.3, -0.25) is 0 Å². The molecule has 1 aliphatic rings. The average Bonchev–Trinajstić information content (AvgIpc) is 3.04. The van der Waals surface area contributed by atoms with Crippen molar-refractivity contribution in [2.45, 2.75) is 19.0 Å². The van der Waals surface area contributed by atoms with Crippen LogP contribution in [0.1, 0.15) is 17.7 Å². The SMILES string of the molecule is CN1CCN(CCCc2cccn2-c2ncc(C(F)(F)F)cc2Cl)CC1. The lowest BCUT2D eigenvalue weighted by atomic mass is 10.2. The first-order valence-corrected chi connectivity index (χ1v) is 9.02. The molecule has 3 rings (SSSR count). The van der Waals surface area contributed by atoms with Gasteiger partial charge in [0.05, 0.1) is 10.6 Å². The van der Waals surface area contributed by atoms with E-state index >= 15 is 0 Å². The first-order valence-electron chi connectivity index (χ1n) is 8.65. The molecular formula is C18H22ClF3N4. The molecule has 142 valence electrons. The summed E-state index contributed by atoms with van der Waals surface area (Å²) in [7, 11) is 2.13. The highest BCUT2D eigenvalue weighted by Gasteiger charge is 2.31. The number of rotatable bonds is 5. The lowest BCUT2D eigenvalue weighted by Gasteiger charge is -2.32. The fourth-order valence-corrected chi connectivity index (χ4v) is 3.40.